The van der Waals surface area contributed by atoms with E-state index in [9.17, 15) is 14.4 Å². The van der Waals surface area contributed by atoms with E-state index in [-0.39, 0.29) is 18.2 Å². The molecule has 2 heterocycles. The monoisotopic (exact) mass is 435 g/mol. The molecule has 8 nitrogen and oxygen atoms in total. The molecule has 1 aliphatic heterocycles. The van der Waals surface area contributed by atoms with E-state index in [2.05, 4.69) is 15.5 Å². The fourth-order valence-corrected chi connectivity index (χ4v) is 4.11. The Morgan fingerprint density at radius 1 is 0.968 bits per heavy atom. The van der Waals surface area contributed by atoms with Gasteiger partial charge in [0.15, 0.2) is 11.0 Å². The number of hydrogen-bond acceptors (Lipinski definition) is 6. The number of thioether (sulfide) groups is 1. The van der Waals surface area contributed by atoms with E-state index in [1.807, 2.05) is 65.2 Å². The average molecular weight is 436 g/mol. The molecule has 0 spiro atoms. The van der Waals surface area contributed by atoms with Crippen LogP contribution in [0.15, 0.2) is 65.8 Å². The summed E-state index contributed by atoms with van der Waals surface area (Å²) in [6.07, 6.45) is 1.20. The number of hydrogen-bond donors (Lipinski definition) is 1. The minimum atomic E-state index is -0.477. The van der Waals surface area contributed by atoms with Crippen molar-refractivity contribution in [3.05, 3.63) is 60.7 Å². The lowest BCUT2D eigenvalue weighted by molar-refractivity contribution is -0.135. The van der Waals surface area contributed by atoms with Gasteiger partial charge in [-0.2, -0.15) is 0 Å². The van der Waals surface area contributed by atoms with Crippen LogP contribution < -0.4 is 5.32 Å². The predicted octanol–water partition coefficient (Wildman–Crippen LogP) is 2.29. The summed E-state index contributed by atoms with van der Waals surface area (Å²) in [7, 11) is 0. The van der Waals surface area contributed by atoms with Gasteiger partial charge in [-0.05, 0) is 18.6 Å². The zero-order valence-electron chi connectivity index (χ0n) is 16.7. The van der Waals surface area contributed by atoms with E-state index < -0.39 is 11.8 Å². The highest BCUT2D eigenvalue weighted by molar-refractivity contribution is 7.99. The smallest absolute Gasteiger partial charge is 0.246 e. The molecule has 9 heteroatoms. The number of carbonyl (C=O) groups excluding carboxylic acids is 3. The molecule has 0 radical (unpaired) electrons. The first-order chi connectivity index (χ1) is 15.1. The quantitative estimate of drug-likeness (QED) is 0.572. The molecule has 1 aliphatic rings. The molecule has 1 N–H and O–H groups in total. The highest BCUT2D eigenvalue weighted by Gasteiger charge is 2.23. The Morgan fingerprint density at radius 3 is 2.35 bits per heavy atom. The lowest BCUT2D eigenvalue weighted by Gasteiger charge is -2.14. The number of amides is 3. The SMILES string of the molecule is O=C(CSc1nnc(-c2ccccc2)n1-c1ccccc1)NC(=O)CN1CCCC1=O. The van der Waals surface area contributed by atoms with E-state index in [0.717, 1.165) is 17.7 Å². The molecule has 0 saturated carbocycles. The first kappa shape index (κ1) is 20.8. The number of likely N-dealkylation sites (tertiary alicyclic amines) is 1. The van der Waals surface area contributed by atoms with Crippen molar-refractivity contribution in [1.82, 2.24) is 25.0 Å². The van der Waals surface area contributed by atoms with Crippen molar-refractivity contribution < 1.29 is 14.4 Å². The average Bonchev–Trinajstić information content (AvgIpc) is 3.39. The topological polar surface area (TPSA) is 97.2 Å². The van der Waals surface area contributed by atoms with Crippen LogP contribution >= 0.6 is 11.8 Å². The van der Waals surface area contributed by atoms with Crippen molar-refractivity contribution in [2.24, 2.45) is 0 Å². The summed E-state index contributed by atoms with van der Waals surface area (Å²) in [5.41, 5.74) is 1.78. The van der Waals surface area contributed by atoms with Crippen LogP contribution in [0, 0.1) is 0 Å². The molecular weight excluding hydrogens is 414 g/mol. The van der Waals surface area contributed by atoms with E-state index in [4.69, 9.17) is 0 Å². The van der Waals surface area contributed by atoms with Crippen LogP contribution in [-0.4, -0.2) is 56.2 Å². The molecule has 0 atom stereocenters. The Morgan fingerprint density at radius 2 is 1.68 bits per heavy atom. The van der Waals surface area contributed by atoms with Crippen LogP contribution in [0.1, 0.15) is 12.8 Å². The van der Waals surface area contributed by atoms with Gasteiger partial charge < -0.3 is 4.90 Å². The summed E-state index contributed by atoms with van der Waals surface area (Å²) in [5.74, 6) is -0.306. The van der Waals surface area contributed by atoms with E-state index in [1.165, 1.54) is 16.7 Å². The summed E-state index contributed by atoms with van der Waals surface area (Å²) in [4.78, 5) is 37.5. The van der Waals surface area contributed by atoms with Crippen LogP contribution in [-0.2, 0) is 14.4 Å². The Kier molecular flexibility index (Phi) is 6.42. The van der Waals surface area contributed by atoms with Crippen molar-refractivity contribution in [2.75, 3.05) is 18.8 Å². The van der Waals surface area contributed by atoms with Crippen LogP contribution in [0.3, 0.4) is 0 Å². The van der Waals surface area contributed by atoms with Gasteiger partial charge in [0.25, 0.3) is 0 Å². The molecule has 3 aromatic rings. The lowest BCUT2D eigenvalue weighted by atomic mass is 10.2. The van der Waals surface area contributed by atoms with Gasteiger partial charge in [0.05, 0.1) is 12.3 Å². The molecule has 3 amide bonds. The van der Waals surface area contributed by atoms with Crippen LogP contribution in [0.25, 0.3) is 17.1 Å². The van der Waals surface area contributed by atoms with Gasteiger partial charge in [-0.15, -0.1) is 10.2 Å². The maximum atomic E-state index is 12.3. The molecular formula is C22H21N5O3S. The summed E-state index contributed by atoms with van der Waals surface area (Å²) in [6, 6.07) is 19.3. The second-order valence-corrected chi connectivity index (χ2v) is 7.96. The number of rotatable bonds is 7. The van der Waals surface area contributed by atoms with Crippen molar-refractivity contribution in [2.45, 2.75) is 18.0 Å². The second kappa shape index (κ2) is 9.57. The van der Waals surface area contributed by atoms with Gasteiger partial charge in [0, 0.05) is 24.2 Å². The largest absolute Gasteiger partial charge is 0.333 e. The van der Waals surface area contributed by atoms with Crippen molar-refractivity contribution in [3.63, 3.8) is 0 Å². The van der Waals surface area contributed by atoms with E-state index in [1.54, 1.807) is 0 Å². The minimum absolute atomic E-state index is 0.000553. The Hall–Kier alpha value is -3.46. The third-order valence-electron chi connectivity index (χ3n) is 4.80. The van der Waals surface area contributed by atoms with Crippen molar-refractivity contribution in [3.8, 4) is 17.1 Å². The first-order valence-electron chi connectivity index (χ1n) is 9.91. The van der Waals surface area contributed by atoms with Crippen molar-refractivity contribution in [1.29, 1.82) is 0 Å². The number of aromatic nitrogens is 3. The lowest BCUT2D eigenvalue weighted by Crippen LogP contribution is -2.41. The van der Waals surface area contributed by atoms with Gasteiger partial charge in [-0.3, -0.25) is 24.3 Å². The molecule has 158 valence electrons. The highest BCUT2D eigenvalue weighted by atomic mass is 32.2. The summed E-state index contributed by atoms with van der Waals surface area (Å²) in [5, 5.41) is 11.5. The highest BCUT2D eigenvalue weighted by Crippen LogP contribution is 2.27. The number of para-hydroxylation sites is 1. The fourth-order valence-electron chi connectivity index (χ4n) is 3.35. The summed E-state index contributed by atoms with van der Waals surface area (Å²) in [6.45, 7) is 0.464. The van der Waals surface area contributed by atoms with Gasteiger partial charge in [-0.1, -0.05) is 60.3 Å². The van der Waals surface area contributed by atoms with Crippen LogP contribution in [0.2, 0.25) is 0 Å². The molecule has 1 fully saturated rings. The maximum Gasteiger partial charge on any atom is 0.246 e. The predicted molar refractivity (Wildman–Crippen MR) is 116 cm³/mol. The number of benzene rings is 2. The minimum Gasteiger partial charge on any atom is -0.333 e. The normalized spacial score (nSPS) is 13.4. The van der Waals surface area contributed by atoms with Gasteiger partial charge in [0.2, 0.25) is 17.7 Å². The zero-order chi connectivity index (χ0) is 21.6. The Bertz CT molecular complexity index is 1090. The van der Waals surface area contributed by atoms with Crippen LogP contribution in [0.4, 0.5) is 0 Å². The third-order valence-corrected chi connectivity index (χ3v) is 5.73. The van der Waals surface area contributed by atoms with E-state index >= 15 is 0 Å². The Balaban J connectivity index is 1.46. The van der Waals surface area contributed by atoms with E-state index in [0.29, 0.717) is 23.9 Å². The Labute approximate surface area is 183 Å². The zero-order valence-corrected chi connectivity index (χ0v) is 17.5. The van der Waals surface area contributed by atoms with Gasteiger partial charge >= 0.3 is 0 Å². The number of nitrogens with zero attached hydrogens (tertiary/aromatic N) is 4. The summed E-state index contributed by atoms with van der Waals surface area (Å²) >= 11 is 1.20. The standard InChI is InChI=1S/C22H21N5O3S/c28-18(14-26-13-7-12-20(26)30)23-19(29)15-31-22-25-24-21(16-8-3-1-4-9-16)27(22)17-10-5-2-6-11-17/h1-6,8-11H,7,12-15H2,(H,23,28,29). The summed E-state index contributed by atoms with van der Waals surface area (Å²) < 4.78 is 1.89. The maximum absolute atomic E-state index is 12.3. The molecule has 0 unspecified atom stereocenters. The molecule has 0 aliphatic carbocycles. The number of carbonyl (C=O) groups is 3. The first-order valence-corrected chi connectivity index (χ1v) is 10.9. The molecule has 1 aromatic heterocycles. The fraction of sp³-hybridized carbons (Fsp3) is 0.227. The second-order valence-electron chi connectivity index (χ2n) is 7.02. The van der Waals surface area contributed by atoms with Gasteiger partial charge in [-0.25, -0.2) is 0 Å². The molecule has 31 heavy (non-hydrogen) atoms. The molecule has 0 bridgehead atoms. The van der Waals surface area contributed by atoms with Gasteiger partial charge in [0.1, 0.15) is 0 Å². The van der Waals surface area contributed by atoms with Crippen molar-refractivity contribution >= 4 is 29.5 Å². The molecule has 4 rings (SSSR count). The third kappa shape index (κ3) is 5.00. The molecule has 2 aromatic carbocycles. The molecule has 1 saturated heterocycles. The number of imide groups is 1. The van der Waals surface area contributed by atoms with Crippen LogP contribution in [0.5, 0.6) is 0 Å². The number of nitrogens with one attached hydrogen (secondary N) is 1.